The van der Waals surface area contributed by atoms with Gasteiger partial charge in [-0.3, -0.25) is 0 Å². The van der Waals surface area contributed by atoms with Crippen LogP contribution in [0.2, 0.25) is 0 Å². The van der Waals surface area contributed by atoms with Crippen molar-refractivity contribution in [2.45, 2.75) is 19.3 Å². The van der Waals surface area contributed by atoms with E-state index in [1.165, 1.54) is 5.56 Å². The van der Waals surface area contributed by atoms with Gasteiger partial charge in [0.05, 0.1) is 6.61 Å². The van der Waals surface area contributed by atoms with Crippen molar-refractivity contribution >= 4 is 15.9 Å². The van der Waals surface area contributed by atoms with E-state index in [2.05, 4.69) is 22.0 Å². The van der Waals surface area contributed by atoms with Gasteiger partial charge in [0.1, 0.15) is 5.75 Å². The summed E-state index contributed by atoms with van der Waals surface area (Å²) in [5.41, 5.74) is 1.25. The zero-order chi connectivity index (χ0) is 14.9. The third-order valence-electron chi connectivity index (χ3n) is 3.49. The average molecular weight is 349 g/mol. The summed E-state index contributed by atoms with van der Waals surface area (Å²) in [6.07, 6.45) is 2.80. The Morgan fingerprint density at radius 3 is 2.43 bits per heavy atom. The molecule has 0 amide bonds. The third kappa shape index (κ3) is 5.52. The first kappa shape index (κ1) is 16.1. The molecule has 0 saturated carbocycles. The number of halogens is 1. The number of hydrogen-bond donors (Lipinski definition) is 1. The summed E-state index contributed by atoms with van der Waals surface area (Å²) in [7, 11) is 0. The molecule has 0 aliphatic rings. The van der Waals surface area contributed by atoms with Crippen LogP contribution in [0, 0.1) is 5.92 Å². The maximum Gasteiger partial charge on any atom is 0.119 e. The molecule has 1 unspecified atom stereocenters. The van der Waals surface area contributed by atoms with Crippen LogP contribution >= 0.6 is 15.9 Å². The highest BCUT2D eigenvalue weighted by Crippen LogP contribution is 2.21. The van der Waals surface area contributed by atoms with Gasteiger partial charge >= 0.3 is 0 Å². The molecule has 2 rings (SSSR count). The number of aliphatic hydroxyl groups excluding tert-OH is 1. The monoisotopic (exact) mass is 348 g/mol. The molecule has 0 aliphatic carbocycles. The lowest BCUT2D eigenvalue weighted by Gasteiger charge is -2.15. The smallest absolute Gasteiger partial charge is 0.119 e. The normalized spacial score (nSPS) is 12.1. The first-order valence-corrected chi connectivity index (χ1v) is 8.11. The molecule has 2 aromatic carbocycles. The van der Waals surface area contributed by atoms with Crippen LogP contribution in [0.4, 0.5) is 0 Å². The topological polar surface area (TPSA) is 29.5 Å². The standard InChI is InChI=1S/C18H21BrO2/c19-18-11-5-4-8-16(18)13-15(14-20)7-6-12-21-17-9-2-1-3-10-17/h1-5,8-11,15,20H,6-7,12-14H2. The lowest BCUT2D eigenvalue weighted by molar-refractivity contribution is 0.204. The van der Waals surface area contributed by atoms with Crippen molar-refractivity contribution in [3.63, 3.8) is 0 Å². The molecule has 0 fully saturated rings. The Labute approximate surface area is 134 Å². The van der Waals surface area contributed by atoms with Gasteiger partial charge in [0.25, 0.3) is 0 Å². The van der Waals surface area contributed by atoms with E-state index < -0.39 is 0 Å². The minimum Gasteiger partial charge on any atom is -0.494 e. The highest BCUT2D eigenvalue weighted by Gasteiger charge is 2.10. The number of hydrogen-bond acceptors (Lipinski definition) is 2. The van der Waals surface area contributed by atoms with E-state index in [1.54, 1.807) is 0 Å². The summed E-state index contributed by atoms with van der Waals surface area (Å²) in [5.74, 6) is 1.19. The van der Waals surface area contributed by atoms with E-state index in [-0.39, 0.29) is 12.5 Å². The molecule has 0 aliphatic heterocycles. The van der Waals surface area contributed by atoms with Gasteiger partial charge in [0.2, 0.25) is 0 Å². The van der Waals surface area contributed by atoms with Crippen molar-refractivity contribution in [2.75, 3.05) is 13.2 Å². The second-order valence-corrected chi connectivity index (χ2v) is 6.00. The summed E-state index contributed by atoms with van der Waals surface area (Å²) in [6, 6.07) is 18.0. The van der Waals surface area contributed by atoms with Gasteiger partial charge in [-0.2, -0.15) is 0 Å². The van der Waals surface area contributed by atoms with Crippen molar-refractivity contribution in [1.29, 1.82) is 0 Å². The number of ether oxygens (including phenoxy) is 1. The van der Waals surface area contributed by atoms with E-state index in [4.69, 9.17) is 4.74 Å². The molecule has 0 aromatic heterocycles. The van der Waals surface area contributed by atoms with Crippen molar-refractivity contribution < 1.29 is 9.84 Å². The molecule has 3 heteroatoms. The van der Waals surface area contributed by atoms with Gasteiger partial charge in [-0.1, -0.05) is 52.3 Å². The second kappa shape index (κ2) is 8.85. The quantitative estimate of drug-likeness (QED) is 0.713. The van der Waals surface area contributed by atoms with Crippen LogP contribution in [0.25, 0.3) is 0 Å². The average Bonchev–Trinajstić information content (AvgIpc) is 2.53. The lowest BCUT2D eigenvalue weighted by atomic mass is 9.96. The van der Waals surface area contributed by atoms with Gasteiger partial charge in [-0.05, 0) is 48.9 Å². The van der Waals surface area contributed by atoms with Gasteiger partial charge in [-0.25, -0.2) is 0 Å². The Hall–Kier alpha value is -1.32. The van der Waals surface area contributed by atoms with Crippen LogP contribution in [0.15, 0.2) is 59.1 Å². The first-order valence-electron chi connectivity index (χ1n) is 7.31. The summed E-state index contributed by atoms with van der Waals surface area (Å²) in [6.45, 7) is 0.906. The minimum absolute atomic E-state index is 0.215. The molecular formula is C18H21BrO2. The van der Waals surface area contributed by atoms with Crippen molar-refractivity contribution in [3.05, 3.63) is 64.6 Å². The molecule has 0 spiro atoms. The predicted molar refractivity (Wildman–Crippen MR) is 89.6 cm³/mol. The van der Waals surface area contributed by atoms with Crippen LogP contribution in [0.5, 0.6) is 5.75 Å². The van der Waals surface area contributed by atoms with Crippen molar-refractivity contribution in [3.8, 4) is 5.75 Å². The number of aliphatic hydroxyl groups is 1. The largest absolute Gasteiger partial charge is 0.494 e. The summed E-state index contributed by atoms with van der Waals surface area (Å²) < 4.78 is 6.80. The molecule has 2 nitrogen and oxygen atoms in total. The molecule has 0 radical (unpaired) electrons. The third-order valence-corrected chi connectivity index (χ3v) is 4.27. The highest BCUT2D eigenvalue weighted by molar-refractivity contribution is 9.10. The summed E-state index contributed by atoms with van der Waals surface area (Å²) in [4.78, 5) is 0. The van der Waals surface area contributed by atoms with E-state index >= 15 is 0 Å². The maximum atomic E-state index is 9.54. The van der Waals surface area contributed by atoms with Crippen LogP contribution in [-0.4, -0.2) is 18.3 Å². The number of benzene rings is 2. The molecular weight excluding hydrogens is 328 g/mol. The molecule has 0 heterocycles. The molecule has 21 heavy (non-hydrogen) atoms. The van der Waals surface area contributed by atoms with Crippen molar-refractivity contribution in [2.24, 2.45) is 5.92 Å². The van der Waals surface area contributed by atoms with Crippen LogP contribution in [0.3, 0.4) is 0 Å². The van der Waals surface area contributed by atoms with E-state index in [9.17, 15) is 5.11 Å². The fourth-order valence-electron chi connectivity index (χ4n) is 2.31. The number of rotatable bonds is 8. The fourth-order valence-corrected chi connectivity index (χ4v) is 2.76. The van der Waals surface area contributed by atoms with Gasteiger partial charge < -0.3 is 9.84 Å². The Balaban J connectivity index is 1.74. The molecule has 1 N–H and O–H groups in total. The zero-order valence-electron chi connectivity index (χ0n) is 12.0. The Morgan fingerprint density at radius 1 is 1.00 bits per heavy atom. The molecule has 2 aromatic rings. The minimum atomic E-state index is 0.215. The predicted octanol–water partition coefficient (Wildman–Crippen LogP) is 4.46. The highest BCUT2D eigenvalue weighted by atomic mass is 79.9. The van der Waals surface area contributed by atoms with E-state index in [0.717, 1.165) is 29.5 Å². The van der Waals surface area contributed by atoms with Gasteiger partial charge in [-0.15, -0.1) is 0 Å². The first-order chi connectivity index (χ1) is 10.3. The SMILES string of the molecule is OCC(CCCOc1ccccc1)Cc1ccccc1Br. The van der Waals surface area contributed by atoms with Gasteiger partial charge in [0, 0.05) is 11.1 Å². The Kier molecular flexibility index (Phi) is 6.77. The second-order valence-electron chi connectivity index (χ2n) is 5.15. The van der Waals surface area contributed by atoms with E-state index in [1.807, 2.05) is 48.5 Å². The van der Waals surface area contributed by atoms with Crippen LogP contribution in [-0.2, 0) is 6.42 Å². The number of para-hydroxylation sites is 1. The fraction of sp³-hybridized carbons (Fsp3) is 0.333. The zero-order valence-corrected chi connectivity index (χ0v) is 13.6. The summed E-state index contributed by atoms with van der Waals surface area (Å²) in [5, 5.41) is 9.54. The maximum absolute atomic E-state index is 9.54. The molecule has 0 bridgehead atoms. The Bertz CT molecular complexity index is 528. The van der Waals surface area contributed by atoms with E-state index in [0.29, 0.717) is 6.61 Å². The van der Waals surface area contributed by atoms with Crippen LogP contribution in [0.1, 0.15) is 18.4 Å². The van der Waals surface area contributed by atoms with Crippen molar-refractivity contribution in [1.82, 2.24) is 0 Å². The summed E-state index contributed by atoms with van der Waals surface area (Å²) >= 11 is 3.56. The lowest BCUT2D eigenvalue weighted by Crippen LogP contribution is -2.12. The molecule has 0 saturated heterocycles. The van der Waals surface area contributed by atoms with Crippen LogP contribution < -0.4 is 4.74 Å². The molecule has 112 valence electrons. The molecule has 1 atom stereocenters. The van der Waals surface area contributed by atoms with Gasteiger partial charge in [0.15, 0.2) is 0 Å². The Morgan fingerprint density at radius 2 is 1.71 bits per heavy atom.